The molecular weight excluding hydrogens is 210 g/mol. The molecule has 15 heavy (non-hydrogen) atoms. The van der Waals surface area contributed by atoms with E-state index in [1.54, 1.807) is 6.07 Å². The number of carbonyl (C=O) groups excluding carboxylic acids is 1. The summed E-state index contributed by atoms with van der Waals surface area (Å²) in [5.41, 5.74) is 11.7. The molecule has 0 fully saturated rings. The molecule has 0 aliphatic heterocycles. The lowest BCUT2D eigenvalue weighted by Crippen LogP contribution is -2.15. The summed E-state index contributed by atoms with van der Waals surface area (Å²) >= 11 is 1.52. The molecule has 4 nitrogen and oxygen atoms in total. The Bertz CT molecular complexity index is 385. The summed E-state index contributed by atoms with van der Waals surface area (Å²) in [6.45, 7) is 6.15. The number of rotatable bonds is 2. The van der Waals surface area contributed by atoms with Crippen molar-refractivity contribution in [3.8, 4) is 0 Å². The van der Waals surface area contributed by atoms with Crippen LogP contribution in [0.3, 0.4) is 0 Å². The number of anilines is 1. The Kier molecular flexibility index (Phi) is 3.24. The van der Waals surface area contributed by atoms with Gasteiger partial charge in [0.2, 0.25) is 0 Å². The van der Waals surface area contributed by atoms with Crippen LogP contribution in [0.15, 0.2) is 17.2 Å². The number of hydrogen-bond acceptors (Lipinski definition) is 4. The van der Waals surface area contributed by atoms with E-state index < -0.39 is 5.91 Å². The second-order valence-electron chi connectivity index (χ2n) is 4.17. The fraction of sp³-hybridized carbons (Fsp3) is 0.400. The van der Waals surface area contributed by atoms with Gasteiger partial charge in [0.1, 0.15) is 10.7 Å². The Labute approximate surface area is 93.4 Å². The highest BCUT2D eigenvalue weighted by atomic mass is 32.2. The van der Waals surface area contributed by atoms with Gasteiger partial charge in [-0.25, -0.2) is 4.98 Å². The van der Waals surface area contributed by atoms with Crippen LogP contribution in [0, 0.1) is 0 Å². The Morgan fingerprint density at radius 3 is 2.47 bits per heavy atom. The van der Waals surface area contributed by atoms with Crippen LogP contribution in [0.1, 0.15) is 31.3 Å². The van der Waals surface area contributed by atoms with Gasteiger partial charge in [0.05, 0.1) is 5.69 Å². The number of pyridine rings is 1. The molecule has 0 atom stereocenters. The molecule has 0 spiro atoms. The van der Waals surface area contributed by atoms with Crippen molar-refractivity contribution in [3.63, 3.8) is 0 Å². The number of hydrogen-bond donors (Lipinski definition) is 2. The molecule has 0 saturated heterocycles. The zero-order chi connectivity index (χ0) is 11.6. The Morgan fingerprint density at radius 2 is 2.00 bits per heavy atom. The molecule has 1 rings (SSSR count). The van der Waals surface area contributed by atoms with Crippen molar-refractivity contribution in [2.24, 2.45) is 5.73 Å². The zero-order valence-corrected chi connectivity index (χ0v) is 9.89. The van der Waals surface area contributed by atoms with Gasteiger partial charge >= 0.3 is 0 Å². The molecule has 0 unspecified atom stereocenters. The van der Waals surface area contributed by atoms with Crippen LogP contribution in [-0.2, 0) is 0 Å². The first kappa shape index (κ1) is 11.8. The summed E-state index contributed by atoms with van der Waals surface area (Å²) in [5.74, 6) is -0.536. The first-order chi connectivity index (χ1) is 6.79. The number of primary amides is 1. The summed E-state index contributed by atoms with van der Waals surface area (Å²) in [7, 11) is 0. The molecule has 1 aromatic heterocycles. The van der Waals surface area contributed by atoms with E-state index in [2.05, 4.69) is 25.8 Å². The van der Waals surface area contributed by atoms with Crippen molar-refractivity contribution in [3.05, 3.63) is 17.8 Å². The van der Waals surface area contributed by atoms with E-state index in [4.69, 9.17) is 11.5 Å². The Morgan fingerprint density at radius 1 is 1.40 bits per heavy atom. The van der Waals surface area contributed by atoms with Gasteiger partial charge < -0.3 is 11.5 Å². The maximum Gasteiger partial charge on any atom is 0.267 e. The zero-order valence-electron chi connectivity index (χ0n) is 9.07. The van der Waals surface area contributed by atoms with Crippen LogP contribution in [0.2, 0.25) is 0 Å². The van der Waals surface area contributed by atoms with E-state index >= 15 is 0 Å². The van der Waals surface area contributed by atoms with Gasteiger partial charge in [-0.15, -0.1) is 0 Å². The predicted octanol–water partition coefficient (Wildman–Crippen LogP) is 1.65. The Hall–Kier alpha value is -1.23. The summed E-state index contributed by atoms with van der Waals surface area (Å²) in [6, 6.07) is 3.19. The molecule has 5 heteroatoms. The molecule has 0 aromatic carbocycles. The van der Waals surface area contributed by atoms with Gasteiger partial charge in [-0.1, -0.05) is 32.5 Å². The van der Waals surface area contributed by atoms with Gasteiger partial charge in [-0.3, -0.25) is 4.79 Å². The monoisotopic (exact) mass is 225 g/mol. The van der Waals surface area contributed by atoms with E-state index in [9.17, 15) is 4.79 Å². The largest absolute Gasteiger partial charge is 0.397 e. The van der Waals surface area contributed by atoms with Crippen molar-refractivity contribution < 1.29 is 4.79 Å². The molecule has 0 radical (unpaired) electrons. The molecular formula is C10H15N3OS. The maximum atomic E-state index is 10.9. The number of nitrogen functional groups attached to an aromatic ring is 1. The van der Waals surface area contributed by atoms with Gasteiger partial charge in [0, 0.05) is 4.75 Å². The second-order valence-corrected chi connectivity index (χ2v) is 5.99. The topological polar surface area (TPSA) is 82.0 Å². The third-order valence-electron chi connectivity index (χ3n) is 1.55. The highest BCUT2D eigenvalue weighted by Crippen LogP contribution is 2.33. The van der Waals surface area contributed by atoms with E-state index in [1.807, 2.05) is 0 Å². The Balaban J connectivity index is 3.06. The van der Waals surface area contributed by atoms with E-state index in [0.717, 1.165) is 0 Å². The predicted molar refractivity (Wildman–Crippen MR) is 62.8 cm³/mol. The van der Waals surface area contributed by atoms with Crippen LogP contribution in [0.5, 0.6) is 0 Å². The highest BCUT2D eigenvalue weighted by Gasteiger charge is 2.16. The highest BCUT2D eigenvalue weighted by molar-refractivity contribution is 8.00. The first-order valence-electron chi connectivity index (χ1n) is 4.55. The molecule has 82 valence electrons. The summed E-state index contributed by atoms with van der Waals surface area (Å²) in [4.78, 5) is 15.1. The third kappa shape index (κ3) is 3.43. The minimum Gasteiger partial charge on any atom is -0.397 e. The number of thioether (sulfide) groups is 1. The maximum absolute atomic E-state index is 10.9. The third-order valence-corrected chi connectivity index (χ3v) is 2.68. The molecule has 0 aliphatic carbocycles. The summed E-state index contributed by atoms with van der Waals surface area (Å²) < 4.78 is -0.00259. The fourth-order valence-electron chi connectivity index (χ4n) is 0.960. The van der Waals surface area contributed by atoms with Crippen LogP contribution >= 0.6 is 11.8 Å². The lowest BCUT2D eigenvalue weighted by molar-refractivity contribution is 0.0995. The van der Waals surface area contributed by atoms with Crippen LogP contribution in [-0.4, -0.2) is 15.6 Å². The summed E-state index contributed by atoms with van der Waals surface area (Å²) in [5, 5.41) is 0.652. The van der Waals surface area contributed by atoms with Crippen molar-refractivity contribution in [1.29, 1.82) is 0 Å². The van der Waals surface area contributed by atoms with Crippen molar-refractivity contribution >= 4 is 23.4 Å². The fourth-order valence-corrected chi connectivity index (χ4v) is 1.87. The van der Waals surface area contributed by atoms with Crippen molar-refractivity contribution in [2.45, 2.75) is 30.5 Å². The molecule has 1 aromatic rings. The number of amides is 1. The lowest BCUT2D eigenvalue weighted by atomic mass is 10.3. The molecule has 1 heterocycles. The molecule has 4 N–H and O–H groups in total. The minimum atomic E-state index is -0.536. The van der Waals surface area contributed by atoms with Gasteiger partial charge in [-0.05, 0) is 12.1 Å². The lowest BCUT2D eigenvalue weighted by Gasteiger charge is -2.18. The molecule has 0 aliphatic rings. The number of carbonyl (C=O) groups is 1. The normalized spacial score (nSPS) is 11.4. The van der Waals surface area contributed by atoms with Crippen molar-refractivity contribution in [2.75, 3.05) is 5.73 Å². The standard InChI is InChI=1S/C10H15N3OS/c1-10(2,3)15-9-6(11)4-5-7(13-9)8(12)14/h4-5H,11H2,1-3H3,(H2,12,14). The van der Waals surface area contributed by atoms with Crippen molar-refractivity contribution in [1.82, 2.24) is 4.98 Å². The number of nitrogens with two attached hydrogens (primary N) is 2. The van der Waals surface area contributed by atoms with E-state index in [1.165, 1.54) is 17.8 Å². The SMILES string of the molecule is CC(C)(C)Sc1nc(C(N)=O)ccc1N. The van der Waals surface area contributed by atoms with E-state index in [0.29, 0.717) is 10.7 Å². The number of nitrogens with zero attached hydrogens (tertiary/aromatic N) is 1. The average Bonchev–Trinajstić information content (AvgIpc) is 2.06. The van der Waals surface area contributed by atoms with Crippen LogP contribution in [0.25, 0.3) is 0 Å². The smallest absolute Gasteiger partial charge is 0.267 e. The van der Waals surface area contributed by atoms with Crippen LogP contribution < -0.4 is 11.5 Å². The van der Waals surface area contributed by atoms with Crippen LogP contribution in [0.4, 0.5) is 5.69 Å². The second kappa shape index (κ2) is 4.10. The molecule has 1 amide bonds. The molecule has 0 saturated carbocycles. The minimum absolute atomic E-state index is 0.00259. The van der Waals surface area contributed by atoms with Gasteiger partial charge in [0.15, 0.2) is 0 Å². The summed E-state index contributed by atoms with van der Waals surface area (Å²) in [6.07, 6.45) is 0. The van der Waals surface area contributed by atoms with Gasteiger partial charge in [0.25, 0.3) is 5.91 Å². The van der Waals surface area contributed by atoms with Gasteiger partial charge in [-0.2, -0.15) is 0 Å². The number of aromatic nitrogens is 1. The quantitative estimate of drug-likeness (QED) is 0.750. The molecule has 0 bridgehead atoms. The average molecular weight is 225 g/mol. The first-order valence-corrected chi connectivity index (χ1v) is 5.36. The van der Waals surface area contributed by atoms with E-state index in [-0.39, 0.29) is 10.4 Å².